The van der Waals surface area contributed by atoms with E-state index in [0.29, 0.717) is 5.56 Å². The third-order valence-corrected chi connectivity index (χ3v) is 5.58. The molecule has 0 fully saturated rings. The van der Waals surface area contributed by atoms with Gasteiger partial charge in [0, 0.05) is 15.6 Å². The minimum Gasteiger partial charge on any atom is -0.497 e. The van der Waals surface area contributed by atoms with Gasteiger partial charge in [-0.15, -0.1) is 11.3 Å². The van der Waals surface area contributed by atoms with E-state index in [-0.39, 0.29) is 0 Å². The van der Waals surface area contributed by atoms with E-state index in [4.69, 9.17) is 9.47 Å². The van der Waals surface area contributed by atoms with Gasteiger partial charge in [0.1, 0.15) is 17.8 Å². The van der Waals surface area contributed by atoms with Gasteiger partial charge in [-0.3, -0.25) is 4.79 Å². The first-order valence-electron chi connectivity index (χ1n) is 8.58. The molecule has 0 bridgehead atoms. The Balaban J connectivity index is 1.85. The fourth-order valence-electron chi connectivity index (χ4n) is 2.92. The number of methoxy groups -OCH3 is 1. The van der Waals surface area contributed by atoms with Crippen LogP contribution in [-0.2, 0) is 0 Å². The maximum atomic E-state index is 11.2. The molecule has 0 N–H and O–H groups in total. The Morgan fingerprint density at radius 1 is 0.889 bits per heavy atom. The quantitative estimate of drug-likeness (QED) is 0.375. The highest BCUT2D eigenvalue weighted by Crippen LogP contribution is 2.46. The van der Waals surface area contributed by atoms with Crippen molar-refractivity contribution in [3.63, 3.8) is 0 Å². The van der Waals surface area contributed by atoms with Crippen molar-refractivity contribution in [2.24, 2.45) is 0 Å². The van der Waals surface area contributed by atoms with E-state index in [1.807, 2.05) is 42.5 Å². The number of fused-ring (bicyclic) bond motifs is 1. The second kappa shape index (κ2) is 7.25. The van der Waals surface area contributed by atoms with Crippen LogP contribution in [0.3, 0.4) is 0 Å². The van der Waals surface area contributed by atoms with Crippen molar-refractivity contribution in [3.05, 3.63) is 77.9 Å². The molecule has 0 spiro atoms. The number of carbonyl (C=O) groups excluding carboxylic acids is 1. The molecule has 1 aromatic heterocycles. The third kappa shape index (κ3) is 3.44. The summed E-state index contributed by atoms with van der Waals surface area (Å²) in [6.07, 6.45) is 0.870. The predicted octanol–water partition coefficient (Wildman–Crippen LogP) is 6.49. The number of ether oxygens (including phenoxy) is 2. The summed E-state index contributed by atoms with van der Waals surface area (Å²) in [7, 11) is 1.64. The summed E-state index contributed by atoms with van der Waals surface area (Å²) in [5.74, 6) is 2.33. The van der Waals surface area contributed by atoms with Crippen LogP contribution in [0.1, 0.15) is 15.9 Å². The second-order valence-corrected chi connectivity index (χ2v) is 7.33. The number of benzene rings is 3. The van der Waals surface area contributed by atoms with E-state index < -0.39 is 0 Å². The van der Waals surface area contributed by atoms with E-state index in [9.17, 15) is 4.79 Å². The summed E-state index contributed by atoms with van der Waals surface area (Å²) in [5, 5.41) is 0.997. The van der Waals surface area contributed by atoms with E-state index in [2.05, 4.69) is 31.2 Å². The predicted molar refractivity (Wildman–Crippen MR) is 110 cm³/mol. The monoisotopic (exact) mass is 374 g/mol. The molecule has 0 unspecified atom stereocenters. The molecule has 4 heteroatoms. The maximum absolute atomic E-state index is 11.2. The Morgan fingerprint density at radius 3 is 2.26 bits per heavy atom. The first-order valence-corrected chi connectivity index (χ1v) is 9.40. The number of thiophene rings is 1. The SMILES string of the molecule is COc1ccc(Oc2c(-c3ccc(C)cc3)sc3cc(C=O)ccc23)cc1. The molecular formula is C23H18O3S. The molecule has 3 nitrogen and oxygen atoms in total. The number of hydrogen-bond donors (Lipinski definition) is 0. The van der Waals surface area contributed by atoms with Crippen LogP contribution in [0, 0.1) is 6.92 Å². The molecule has 1 heterocycles. The molecule has 0 aliphatic rings. The number of carbonyl (C=O) groups is 1. The van der Waals surface area contributed by atoms with E-state index in [0.717, 1.165) is 44.1 Å². The van der Waals surface area contributed by atoms with E-state index in [1.54, 1.807) is 18.4 Å². The van der Waals surface area contributed by atoms with Crippen LogP contribution in [0.5, 0.6) is 17.2 Å². The zero-order valence-corrected chi connectivity index (χ0v) is 15.9. The van der Waals surface area contributed by atoms with Gasteiger partial charge in [-0.05, 0) is 48.9 Å². The number of aryl methyl sites for hydroxylation is 1. The highest BCUT2D eigenvalue weighted by atomic mass is 32.1. The molecule has 0 aliphatic carbocycles. The lowest BCUT2D eigenvalue weighted by Gasteiger charge is -2.09. The van der Waals surface area contributed by atoms with Crippen LogP contribution in [0.4, 0.5) is 0 Å². The van der Waals surface area contributed by atoms with Gasteiger partial charge in [-0.1, -0.05) is 35.9 Å². The highest BCUT2D eigenvalue weighted by Gasteiger charge is 2.17. The molecule has 0 amide bonds. The van der Waals surface area contributed by atoms with Crippen LogP contribution in [0.25, 0.3) is 20.5 Å². The molecule has 3 aromatic carbocycles. The Labute approximate surface area is 161 Å². The molecular weight excluding hydrogens is 356 g/mol. The molecule has 0 aliphatic heterocycles. The topological polar surface area (TPSA) is 35.5 Å². The van der Waals surface area contributed by atoms with Crippen LogP contribution in [0.2, 0.25) is 0 Å². The normalized spacial score (nSPS) is 10.7. The zero-order valence-electron chi connectivity index (χ0n) is 15.1. The largest absolute Gasteiger partial charge is 0.497 e. The minimum absolute atomic E-state index is 0.662. The molecule has 27 heavy (non-hydrogen) atoms. The zero-order chi connectivity index (χ0) is 18.8. The second-order valence-electron chi connectivity index (χ2n) is 6.28. The fourth-order valence-corrected chi connectivity index (χ4v) is 4.10. The highest BCUT2D eigenvalue weighted by molar-refractivity contribution is 7.22. The molecule has 0 saturated carbocycles. The van der Waals surface area contributed by atoms with Crippen molar-refractivity contribution in [3.8, 4) is 27.7 Å². The summed E-state index contributed by atoms with van der Waals surface area (Å²) >= 11 is 1.63. The van der Waals surface area contributed by atoms with Crippen LogP contribution in [0.15, 0.2) is 66.7 Å². The standard InChI is InChI=1S/C23H18O3S/c1-15-3-6-17(7-4-15)23-22(26-19-10-8-18(25-2)9-11-19)20-12-5-16(14-24)13-21(20)27-23/h3-14H,1-2H3. The molecule has 0 saturated heterocycles. The summed E-state index contributed by atoms with van der Waals surface area (Å²) in [5.41, 5.74) is 2.97. The van der Waals surface area contributed by atoms with Crippen molar-refractivity contribution >= 4 is 27.7 Å². The van der Waals surface area contributed by atoms with Crippen molar-refractivity contribution in [2.45, 2.75) is 6.92 Å². The Kier molecular flexibility index (Phi) is 4.65. The summed E-state index contributed by atoms with van der Waals surface area (Å²) in [4.78, 5) is 12.2. The molecule has 4 rings (SSSR count). The van der Waals surface area contributed by atoms with Gasteiger partial charge in [-0.2, -0.15) is 0 Å². The lowest BCUT2D eigenvalue weighted by atomic mass is 10.1. The Hall–Kier alpha value is -3.11. The Bertz CT molecular complexity index is 1090. The Morgan fingerprint density at radius 2 is 1.59 bits per heavy atom. The smallest absolute Gasteiger partial charge is 0.153 e. The minimum atomic E-state index is 0.662. The summed E-state index contributed by atoms with van der Waals surface area (Å²) in [6.45, 7) is 2.07. The van der Waals surface area contributed by atoms with Gasteiger partial charge < -0.3 is 9.47 Å². The van der Waals surface area contributed by atoms with Gasteiger partial charge in [0.25, 0.3) is 0 Å². The maximum Gasteiger partial charge on any atom is 0.153 e. The van der Waals surface area contributed by atoms with Crippen LogP contribution < -0.4 is 9.47 Å². The molecule has 4 aromatic rings. The van der Waals surface area contributed by atoms with E-state index in [1.165, 1.54) is 5.56 Å². The summed E-state index contributed by atoms with van der Waals surface area (Å²) < 4.78 is 12.5. The lowest BCUT2D eigenvalue weighted by molar-refractivity contribution is 0.112. The molecule has 134 valence electrons. The van der Waals surface area contributed by atoms with Gasteiger partial charge in [0.15, 0.2) is 5.75 Å². The fraction of sp³-hybridized carbons (Fsp3) is 0.0870. The number of aldehydes is 1. The van der Waals surface area contributed by atoms with Gasteiger partial charge in [0.05, 0.1) is 12.0 Å². The summed E-state index contributed by atoms with van der Waals surface area (Å²) in [6, 6.07) is 21.6. The van der Waals surface area contributed by atoms with Gasteiger partial charge in [0.2, 0.25) is 0 Å². The number of hydrogen-bond acceptors (Lipinski definition) is 4. The van der Waals surface area contributed by atoms with Crippen LogP contribution >= 0.6 is 11.3 Å². The first kappa shape index (κ1) is 17.3. The molecule has 0 radical (unpaired) electrons. The van der Waals surface area contributed by atoms with Gasteiger partial charge in [-0.25, -0.2) is 0 Å². The van der Waals surface area contributed by atoms with Gasteiger partial charge >= 0.3 is 0 Å². The average Bonchev–Trinajstić information content (AvgIpc) is 3.06. The van der Waals surface area contributed by atoms with Crippen molar-refractivity contribution in [1.82, 2.24) is 0 Å². The number of rotatable bonds is 5. The van der Waals surface area contributed by atoms with Crippen LogP contribution in [-0.4, -0.2) is 13.4 Å². The molecule has 0 atom stereocenters. The first-order chi connectivity index (χ1) is 13.2. The van der Waals surface area contributed by atoms with Crippen molar-refractivity contribution in [1.29, 1.82) is 0 Å². The average molecular weight is 374 g/mol. The van der Waals surface area contributed by atoms with Crippen molar-refractivity contribution < 1.29 is 14.3 Å². The van der Waals surface area contributed by atoms with Crippen molar-refractivity contribution in [2.75, 3.05) is 7.11 Å². The lowest BCUT2D eigenvalue weighted by Crippen LogP contribution is -1.87. The third-order valence-electron chi connectivity index (χ3n) is 4.40. The van der Waals surface area contributed by atoms with E-state index >= 15 is 0 Å².